The zero-order valence-electron chi connectivity index (χ0n) is 10.3. The van der Waals surface area contributed by atoms with Crippen LogP contribution in [0, 0.1) is 6.92 Å². The van der Waals surface area contributed by atoms with E-state index >= 15 is 0 Å². The van der Waals surface area contributed by atoms with Crippen LogP contribution in [0.3, 0.4) is 0 Å². The fourth-order valence-electron chi connectivity index (χ4n) is 1.02. The lowest BCUT2D eigenvalue weighted by atomic mass is 10.2. The molecule has 6 heteroatoms. The molecular formula is C11H16ClN3O2. The SMILES string of the molecule is CC.CN=C(NOC=O)c1nc(Cl)ccc1C. The molecule has 0 bridgehead atoms. The summed E-state index contributed by atoms with van der Waals surface area (Å²) in [5.41, 5.74) is 3.79. The Morgan fingerprint density at radius 3 is 2.71 bits per heavy atom. The van der Waals surface area contributed by atoms with Crippen LogP contribution in [0.25, 0.3) is 0 Å². The standard InChI is InChI=1S/C9H10ClN3O2.C2H6/c1-6-3-4-7(10)12-8(6)9(11-2)13-15-5-14;1-2/h3-5H,1-2H3,(H,11,13);1-2H3. The van der Waals surface area contributed by atoms with E-state index in [9.17, 15) is 4.79 Å². The molecular weight excluding hydrogens is 242 g/mol. The number of halogens is 1. The average Bonchev–Trinajstić information content (AvgIpc) is 2.36. The number of hydrogen-bond donors (Lipinski definition) is 1. The van der Waals surface area contributed by atoms with Gasteiger partial charge in [0.1, 0.15) is 10.8 Å². The van der Waals surface area contributed by atoms with E-state index in [4.69, 9.17) is 11.6 Å². The molecule has 94 valence electrons. The van der Waals surface area contributed by atoms with E-state index in [1.54, 1.807) is 19.2 Å². The van der Waals surface area contributed by atoms with Crippen molar-refractivity contribution in [2.24, 2.45) is 4.99 Å². The number of pyridine rings is 1. The number of carbonyl (C=O) groups is 1. The van der Waals surface area contributed by atoms with Gasteiger partial charge in [0.25, 0.3) is 0 Å². The van der Waals surface area contributed by atoms with Gasteiger partial charge in [0.2, 0.25) is 0 Å². The van der Waals surface area contributed by atoms with Crippen LogP contribution in [0.2, 0.25) is 5.15 Å². The molecule has 0 aliphatic rings. The number of nitrogens with one attached hydrogen (secondary N) is 1. The van der Waals surface area contributed by atoms with Gasteiger partial charge < -0.3 is 4.84 Å². The molecule has 0 aliphatic heterocycles. The Morgan fingerprint density at radius 1 is 1.53 bits per heavy atom. The lowest BCUT2D eigenvalue weighted by Crippen LogP contribution is -2.26. The third-order valence-corrected chi connectivity index (χ3v) is 1.93. The molecule has 0 saturated heterocycles. The Bertz CT molecular complexity index is 394. The molecule has 1 aromatic heterocycles. The van der Waals surface area contributed by atoms with Crippen molar-refractivity contribution < 1.29 is 9.63 Å². The van der Waals surface area contributed by atoms with Gasteiger partial charge in [0.15, 0.2) is 5.84 Å². The molecule has 0 radical (unpaired) electrons. The number of aryl methyl sites for hydroxylation is 1. The molecule has 0 atom stereocenters. The second-order valence-corrected chi connectivity index (χ2v) is 3.08. The van der Waals surface area contributed by atoms with Gasteiger partial charge >= 0.3 is 6.47 Å². The Balaban J connectivity index is 0.00000121. The highest BCUT2D eigenvalue weighted by atomic mass is 35.5. The van der Waals surface area contributed by atoms with Gasteiger partial charge in [-0.1, -0.05) is 31.5 Å². The molecule has 0 unspecified atom stereocenters. The third-order valence-electron chi connectivity index (χ3n) is 1.71. The summed E-state index contributed by atoms with van der Waals surface area (Å²) in [4.78, 5) is 22.4. The summed E-state index contributed by atoms with van der Waals surface area (Å²) in [6.45, 7) is 6.12. The number of rotatable bonds is 3. The van der Waals surface area contributed by atoms with Crippen LogP contribution in [0.4, 0.5) is 0 Å². The molecule has 17 heavy (non-hydrogen) atoms. The number of carbonyl (C=O) groups excluding carboxylic acids is 1. The van der Waals surface area contributed by atoms with Gasteiger partial charge in [-0.25, -0.2) is 4.98 Å². The predicted molar refractivity (Wildman–Crippen MR) is 68.1 cm³/mol. The maximum Gasteiger partial charge on any atom is 0.320 e. The maximum absolute atomic E-state index is 10.0. The first-order valence-corrected chi connectivity index (χ1v) is 5.52. The minimum Gasteiger partial charge on any atom is -0.345 e. The highest BCUT2D eigenvalue weighted by Gasteiger charge is 2.08. The smallest absolute Gasteiger partial charge is 0.320 e. The maximum atomic E-state index is 10.0. The highest BCUT2D eigenvalue weighted by Crippen LogP contribution is 2.10. The van der Waals surface area contributed by atoms with E-state index < -0.39 is 0 Å². The molecule has 0 aromatic carbocycles. The van der Waals surface area contributed by atoms with Crippen molar-refractivity contribution in [1.82, 2.24) is 10.5 Å². The number of hydrogen-bond acceptors (Lipinski definition) is 4. The molecule has 0 spiro atoms. The second-order valence-electron chi connectivity index (χ2n) is 2.69. The van der Waals surface area contributed by atoms with E-state index in [1.165, 1.54) is 0 Å². The summed E-state index contributed by atoms with van der Waals surface area (Å²) < 4.78 is 0. The number of nitrogens with zero attached hydrogens (tertiary/aromatic N) is 2. The van der Waals surface area contributed by atoms with Crippen LogP contribution in [0.5, 0.6) is 0 Å². The molecule has 1 aromatic rings. The quantitative estimate of drug-likeness (QED) is 0.296. The van der Waals surface area contributed by atoms with Crippen molar-refractivity contribution in [1.29, 1.82) is 0 Å². The minimum atomic E-state index is 0.269. The zero-order chi connectivity index (χ0) is 13.3. The van der Waals surface area contributed by atoms with E-state index in [-0.39, 0.29) is 6.47 Å². The highest BCUT2D eigenvalue weighted by molar-refractivity contribution is 6.29. The normalized spacial score (nSPS) is 10.1. The van der Waals surface area contributed by atoms with E-state index in [2.05, 4.69) is 20.3 Å². The molecule has 0 aliphatic carbocycles. The number of aromatic nitrogens is 1. The lowest BCUT2D eigenvalue weighted by molar-refractivity contribution is -0.132. The Labute approximate surface area is 106 Å². The van der Waals surface area contributed by atoms with Gasteiger partial charge in [-0.15, -0.1) is 0 Å². The fraction of sp³-hybridized carbons (Fsp3) is 0.364. The van der Waals surface area contributed by atoms with Gasteiger partial charge in [0.05, 0.1) is 0 Å². The van der Waals surface area contributed by atoms with Crippen LogP contribution < -0.4 is 5.48 Å². The summed E-state index contributed by atoms with van der Waals surface area (Å²) in [6, 6.07) is 3.48. The van der Waals surface area contributed by atoms with Gasteiger partial charge in [-0.2, -0.15) is 5.48 Å². The molecule has 0 amide bonds. The number of amidine groups is 1. The third kappa shape index (κ3) is 4.82. The monoisotopic (exact) mass is 257 g/mol. The number of aliphatic imine (C=N–C) groups is 1. The molecule has 0 fully saturated rings. The molecule has 0 saturated carbocycles. The average molecular weight is 258 g/mol. The summed E-state index contributed by atoms with van der Waals surface area (Å²) >= 11 is 5.75. The van der Waals surface area contributed by atoms with E-state index in [0.717, 1.165) is 5.56 Å². The van der Waals surface area contributed by atoms with Crippen LogP contribution in [0.15, 0.2) is 17.1 Å². The molecule has 5 nitrogen and oxygen atoms in total. The summed E-state index contributed by atoms with van der Waals surface area (Å²) in [7, 11) is 1.55. The summed E-state index contributed by atoms with van der Waals surface area (Å²) in [5.74, 6) is 0.349. The lowest BCUT2D eigenvalue weighted by Gasteiger charge is -2.08. The summed E-state index contributed by atoms with van der Waals surface area (Å²) in [6.07, 6.45) is 0. The fourth-order valence-corrected chi connectivity index (χ4v) is 1.17. The van der Waals surface area contributed by atoms with Crippen molar-refractivity contribution in [3.05, 3.63) is 28.5 Å². The van der Waals surface area contributed by atoms with Crippen molar-refractivity contribution in [2.75, 3.05) is 7.05 Å². The van der Waals surface area contributed by atoms with E-state index in [0.29, 0.717) is 16.7 Å². The minimum absolute atomic E-state index is 0.269. The Kier molecular flexibility index (Phi) is 7.71. The second kappa shape index (κ2) is 8.52. The van der Waals surface area contributed by atoms with Crippen LogP contribution in [0.1, 0.15) is 25.1 Å². The van der Waals surface area contributed by atoms with Crippen molar-refractivity contribution in [2.45, 2.75) is 20.8 Å². The van der Waals surface area contributed by atoms with Gasteiger partial charge in [0, 0.05) is 7.05 Å². The molecule has 1 N–H and O–H groups in total. The first-order valence-electron chi connectivity index (χ1n) is 5.14. The van der Waals surface area contributed by atoms with Crippen LogP contribution >= 0.6 is 11.6 Å². The zero-order valence-corrected chi connectivity index (χ0v) is 11.1. The van der Waals surface area contributed by atoms with Crippen molar-refractivity contribution >= 4 is 23.9 Å². The van der Waals surface area contributed by atoms with Crippen molar-refractivity contribution in [3.8, 4) is 0 Å². The molecule has 1 rings (SSSR count). The first-order chi connectivity index (χ1) is 8.19. The number of hydroxylamine groups is 1. The summed E-state index contributed by atoms with van der Waals surface area (Å²) in [5, 5.41) is 0.352. The van der Waals surface area contributed by atoms with Gasteiger partial charge in [-0.05, 0) is 18.6 Å². The topological polar surface area (TPSA) is 63.6 Å². The Hall–Kier alpha value is -1.62. The van der Waals surface area contributed by atoms with Crippen molar-refractivity contribution in [3.63, 3.8) is 0 Å². The predicted octanol–water partition coefficient (Wildman–Crippen LogP) is 2.12. The Morgan fingerprint density at radius 2 is 2.18 bits per heavy atom. The first kappa shape index (κ1) is 15.4. The molecule has 1 heterocycles. The van der Waals surface area contributed by atoms with E-state index in [1.807, 2.05) is 20.8 Å². The van der Waals surface area contributed by atoms with Gasteiger partial charge in [-0.3, -0.25) is 9.79 Å². The largest absolute Gasteiger partial charge is 0.345 e. The van der Waals surface area contributed by atoms with Crippen LogP contribution in [-0.2, 0) is 9.63 Å². The van der Waals surface area contributed by atoms with Crippen LogP contribution in [-0.4, -0.2) is 24.3 Å².